The number of carbonyl (C=O) groups is 1. The number of aromatic carboxylic acids is 1. The van der Waals surface area contributed by atoms with Crippen molar-refractivity contribution in [2.75, 3.05) is 12.8 Å². The van der Waals surface area contributed by atoms with E-state index in [1.165, 1.54) is 7.11 Å². The van der Waals surface area contributed by atoms with Crippen LogP contribution in [0.15, 0.2) is 18.3 Å². The number of aryl methyl sites for hydroxylation is 1. The highest BCUT2D eigenvalue weighted by Crippen LogP contribution is 2.34. The van der Waals surface area contributed by atoms with Gasteiger partial charge in [0.1, 0.15) is 5.56 Å². The fraction of sp³-hybridized carbons (Fsp3) is 0.182. The molecule has 2 rings (SSSR count). The Hall–Kier alpha value is -2.17. The molecule has 5 heteroatoms. The smallest absolute Gasteiger partial charge is 0.339 e. The number of nitrogens with two attached hydrogens (primary N) is 1. The van der Waals surface area contributed by atoms with E-state index in [0.29, 0.717) is 5.69 Å². The van der Waals surface area contributed by atoms with Crippen LogP contribution in [-0.2, 0) is 7.05 Å². The molecular weight excluding hydrogens is 208 g/mol. The molecule has 2 aromatic rings. The Kier molecular flexibility index (Phi) is 2.23. The molecule has 1 aromatic carbocycles. The van der Waals surface area contributed by atoms with Gasteiger partial charge in [-0.25, -0.2) is 4.79 Å². The molecule has 0 saturated heterocycles. The molecule has 0 unspecified atom stereocenters. The number of carboxylic acid groups (broad SMARTS) is 1. The minimum absolute atomic E-state index is 0.0781. The first-order valence-electron chi connectivity index (χ1n) is 4.71. The van der Waals surface area contributed by atoms with Crippen molar-refractivity contribution in [3.05, 3.63) is 23.9 Å². The van der Waals surface area contributed by atoms with Crippen LogP contribution in [-0.4, -0.2) is 22.8 Å². The maximum atomic E-state index is 11.1. The Labute approximate surface area is 92.0 Å². The number of methoxy groups -OCH3 is 1. The molecule has 84 valence electrons. The van der Waals surface area contributed by atoms with Gasteiger partial charge < -0.3 is 20.1 Å². The highest BCUT2D eigenvalue weighted by atomic mass is 16.5. The maximum absolute atomic E-state index is 11.1. The summed E-state index contributed by atoms with van der Waals surface area (Å²) in [5.41, 5.74) is 7.09. The first-order valence-corrected chi connectivity index (χ1v) is 4.71. The molecular formula is C11H12N2O3. The third-order valence-corrected chi connectivity index (χ3v) is 2.62. The molecule has 0 amide bonds. The molecule has 3 N–H and O–H groups in total. The maximum Gasteiger partial charge on any atom is 0.339 e. The summed E-state index contributed by atoms with van der Waals surface area (Å²) in [4.78, 5) is 11.1. The molecule has 0 saturated carbocycles. The molecule has 1 aromatic heterocycles. The van der Waals surface area contributed by atoms with Crippen molar-refractivity contribution in [1.82, 2.24) is 4.57 Å². The van der Waals surface area contributed by atoms with Crippen LogP contribution in [0.2, 0.25) is 0 Å². The fourth-order valence-electron chi connectivity index (χ4n) is 1.80. The summed E-state index contributed by atoms with van der Waals surface area (Å²) in [5, 5.41) is 9.86. The molecule has 0 aliphatic rings. The fourth-order valence-corrected chi connectivity index (χ4v) is 1.80. The number of benzene rings is 1. The Balaban J connectivity index is 2.89. The zero-order valence-electron chi connectivity index (χ0n) is 9.02. The van der Waals surface area contributed by atoms with E-state index in [9.17, 15) is 4.79 Å². The number of nitrogens with zero attached hydrogens (tertiary/aromatic N) is 1. The third kappa shape index (κ3) is 1.29. The normalized spacial score (nSPS) is 10.6. The third-order valence-electron chi connectivity index (χ3n) is 2.62. The number of anilines is 1. The van der Waals surface area contributed by atoms with Gasteiger partial charge in [-0.3, -0.25) is 0 Å². The van der Waals surface area contributed by atoms with Crippen molar-refractivity contribution >= 4 is 22.6 Å². The monoisotopic (exact) mass is 220 g/mol. The van der Waals surface area contributed by atoms with Gasteiger partial charge in [0.15, 0.2) is 5.75 Å². The predicted molar refractivity (Wildman–Crippen MR) is 60.8 cm³/mol. The van der Waals surface area contributed by atoms with Crippen LogP contribution in [0.3, 0.4) is 0 Å². The summed E-state index contributed by atoms with van der Waals surface area (Å²) in [6, 6.07) is 3.39. The number of fused-ring (bicyclic) bond motifs is 1. The van der Waals surface area contributed by atoms with Crippen molar-refractivity contribution in [1.29, 1.82) is 0 Å². The Morgan fingerprint density at radius 2 is 2.25 bits per heavy atom. The molecule has 0 fully saturated rings. The summed E-state index contributed by atoms with van der Waals surface area (Å²) in [5.74, 6) is -0.835. The highest BCUT2D eigenvalue weighted by molar-refractivity contribution is 6.04. The largest absolute Gasteiger partial charge is 0.494 e. The van der Waals surface area contributed by atoms with Crippen molar-refractivity contribution in [3.8, 4) is 5.75 Å². The minimum atomic E-state index is -1.05. The van der Waals surface area contributed by atoms with Crippen LogP contribution in [0.4, 0.5) is 5.69 Å². The van der Waals surface area contributed by atoms with Gasteiger partial charge in [0.25, 0.3) is 0 Å². The average Bonchev–Trinajstić information content (AvgIpc) is 2.60. The van der Waals surface area contributed by atoms with Crippen LogP contribution >= 0.6 is 0 Å². The second-order valence-electron chi connectivity index (χ2n) is 3.54. The van der Waals surface area contributed by atoms with Gasteiger partial charge in [0.2, 0.25) is 0 Å². The number of rotatable bonds is 2. The van der Waals surface area contributed by atoms with E-state index < -0.39 is 5.97 Å². The van der Waals surface area contributed by atoms with Crippen LogP contribution in [0, 0.1) is 0 Å². The lowest BCUT2D eigenvalue weighted by molar-refractivity contribution is 0.0693. The lowest BCUT2D eigenvalue weighted by Gasteiger charge is -2.10. The SMILES string of the molecule is COc1c(C(=O)O)cc2c(ccn2C)c1N. The van der Waals surface area contributed by atoms with Gasteiger partial charge in [-0.15, -0.1) is 0 Å². The number of nitrogen functional groups attached to an aromatic ring is 1. The number of carboxylic acids is 1. The number of hydrogen-bond acceptors (Lipinski definition) is 3. The van der Waals surface area contributed by atoms with Crippen molar-refractivity contribution in [3.63, 3.8) is 0 Å². The lowest BCUT2D eigenvalue weighted by atomic mass is 10.1. The molecule has 0 bridgehead atoms. The highest BCUT2D eigenvalue weighted by Gasteiger charge is 2.18. The van der Waals surface area contributed by atoms with Crippen LogP contribution in [0.5, 0.6) is 5.75 Å². The number of hydrogen-bond donors (Lipinski definition) is 2. The standard InChI is InChI=1S/C11H12N2O3/c1-13-4-3-6-8(13)5-7(11(14)15)10(16-2)9(6)12/h3-5H,12H2,1-2H3,(H,14,15). The first-order chi connectivity index (χ1) is 7.56. The van der Waals surface area contributed by atoms with Crippen molar-refractivity contribution in [2.45, 2.75) is 0 Å². The quantitative estimate of drug-likeness (QED) is 0.751. The molecule has 5 nitrogen and oxygen atoms in total. The molecule has 0 atom stereocenters. The van der Waals surface area contributed by atoms with Gasteiger partial charge in [0, 0.05) is 18.6 Å². The van der Waals surface area contributed by atoms with Gasteiger partial charge in [-0.1, -0.05) is 0 Å². The Morgan fingerprint density at radius 3 is 2.81 bits per heavy atom. The average molecular weight is 220 g/mol. The van der Waals surface area contributed by atoms with Crippen LogP contribution < -0.4 is 10.5 Å². The van der Waals surface area contributed by atoms with Gasteiger partial charge in [0.05, 0.1) is 18.3 Å². The molecule has 1 heterocycles. The Morgan fingerprint density at radius 1 is 1.56 bits per heavy atom. The second kappa shape index (κ2) is 3.44. The van der Waals surface area contributed by atoms with E-state index in [2.05, 4.69) is 0 Å². The summed E-state index contributed by atoms with van der Waals surface area (Å²) in [7, 11) is 3.24. The van der Waals surface area contributed by atoms with E-state index in [1.54, 1.807) is 6.07 Å². The molecule has 16 heavy (non-hydrogen) atoms. The number of aromatic nitrogens is 1. The van der Waals surface area contributed by atoms with E-state index in [0.717, 1.165) is 10.9 Å². The minimum Gasteiger partial charge on any atom is -0.494 e. The van der Waals surface area contributed by atoms with E-state index in [4.69, 9.17) is 15.6 Å². The predicted octanol–water partition coefficient (Wildman–Crippen LogP) is 1.47. The van der Waals surface area contributed by atoms with Gasteiger partial charge in [-0.2, -0.15) is 0 Å². The summed E-state index contributed by atoms with van der Waals surface area (Å²) < 4.78 is 6.86. The van der Waals surface area contributed by atoms with Gasteiger partial charge >= 0.3 is 5.97 Å². The summed E-state index contributed by atoms with van der Waals surface area (Å²) in [6.07, 6.45) is 1.83. The van der Waals surface area contributed by atoms with E-state index in [-0.39, 0.29) is 11.3 Å². The van der Waals surface area contributed by atoms with Crippen LogP contribution in [0.1, 0.15) is 10.4 Å². The van der Waals surface area contributed by atoms with E-state index in [1.807, 2.05) is 23.9 Å². The van der Waals surface area contributed by atoms with Crippen molar-refractivity contribution in [2.24, 2.45) is 7.05 Å². The first kappa shape index (κ1) is 10.4. The number of ether oxygens (including phenoxy) is 1. The Bertz CT molecular complexity index is 572. The molecule has 0 aliphatic heterocycles. The topological polar surface area (TPSA) is 77.5 Å². The zero-order valence-corrected chi connectivity index (χ0v) is 9.02. The van der Waals surface area contributed by atoms with Gasteiger partial charge in [-0.05, 0) is 12.1 Å². The summed E-state index contributed by atoms with van der Waals surface area (Å²) >= 11 is 0. The molecule has 0 aliphatic carbocycles. The van der Waals surface area contributed by atoms with E-state index >= 15 is 0 Å². The molecule has 0 spiro atoms. The summed E-state index contributed by atoms with van der Waals surface area (Å²) in [6.45, 7) is 0. The van der Waals surface area contributed by atoms with Crippen molar-refractivity contribution < 1.29 is 14.6 Å². The molecule has 0 radical (unpaired) electrons. The lowest BCUT2D eigenvalue weighted by Crippen LogP contribution is -2.04. The second-order valence-corrected chi connectivity index (χ2v) is 3.54. The van der Waals surface area contributed by atoms with Crippen LogP contribution in [0.25, 0.3) is 10.9 Å². The zero-order chi connectivity index (χ0) is 11.9.